The van der Waals surface area contributed by atoms with Crippen LogP contribution in [0.4, 0.5) is 0 Å². The van der Waals surface area contributed by atoms with Crippen LogP contribution in [-0.4, -0.2) is 26.4 Å². The zero-order chi connectivity index (χ0) is 14.3. The molecule has 1 unspecified atom stereocenters. The Hall–Kier alpha value is -0.580. The fraction of sp³-hybridized carbons (Fsp3) is 0.600. The SMILES string of the molecule is COCC(C)Oc1ccc(Br)c(CNCC(C)C)c1. The first-order valence-corrected chi connectivity index (χ1v) is 7.47. The number of hydrogen-bond donors (Lipinski definition) is 1. The molecule has 4 heteroatoms. The molecule has 0 heterocycles. The van der Waals surface area contributed by atoms with Crippen molar-refractivity contribution < 1.29 is 9.47 Å². The summed E-state index contributed by atoms with van der Waals surface area (Å²) in [6.07, 6.45) is 0.0580. The van der Waals surface area contributed by atoms with Gasteiger partial charge in [0, 0.05) is 18.1 Å². The monoisotopic (exact) mass is 329 g/mol. The Balaban J connectivity index is 2.60. The molecule has 0 spiro atoms. The smallest absolute Gasteiger partial charge is 0.120 e. The van der Waals surface area contributed by atoms with Gasteiger partial charge in [0.2, 0.25) is 0 Å². The van der Waals surface area contributed by atoms with Gasteiger partial charge in [-0.15, -0.1) is 0 Å². The van der Waals surface area contributed by atoms with Crippen LogP contribution in [0.15, 0.2) is 22.7 Å². The number of ether oxygens (including phenoxy) is 2. The molecule has 19 heavy (non-hydrogen) atoms. The molecule has 0 aromatic heterocycles. The summed E-state index contributed by atoms with van der Waals surface area (Å²) in [5, 5.41) is 3.44. The lowest BCUT2D eigenvalue weighted by molar-refractivity contribution is 0.0920. The van der Waals surface area contributed by atoms with Crippen molar-refractivity contribution in [1.82, 2.24) is 5.32 Å². The highest BCUT2D eigenvalue weighted by molar-refractivity contribution is 9.10. The van der Waals surface area contributed by atoms with E-state index in [1.165, 1.54) is 5.56 Å². The minimum atomic E-state index is 0.0580. The molecule has 0 saturated heterocycles. The number of methoxy groups -OCH3 is 1. The van der Waals surface area contributed by atoms with Crippen LogP contribution < -0.4 is 10.1 Å². The first kappa shape index (κ1) is 16.5. The molecule has 3 nitrogen and oxygen atoms in total. The molecule has 1 N–H and O–H groups in total. The quantitative estimate of drug-likeness (QED) is 0.790. The van der Waals surface area contributed by atoms with Crippen LogP contribution in [0.1, 0.15) is 26.3 Å². The summed E-state index contributed by atoms with van der Waals surface area (Å²) >= 11 is 3.57. The second-order valence-electron chi connectivity index (χ2n) is 5.16. The van der Waals surface area contributed by atoms with Crippen LogP contribution in [0.3, 0.4) is 0 Å². The molecule has 0 radical (unpaired) electrons. The van der Waals surface area contributed by atoms with Gasteiger partial charge in [-0.2, -0.15) is 0 Å². The Kier molecular flexibility index (Phi) is 7.42. The van der Waals surface area contributed by atoms with E-state index in [4.69, 9.17) is 9.47 Å². The van der Waals surface area contributed by atoms with Crippen molar-refractivity contribution in [3.8, 4) is 5.75 Å². The first-order chi connectivity index (χ1) is 9.02. The van der Waals surface area contributed by atoms with Gasteiger partial charge in [-0.25, -0.2) is 0 Å². The van der Waals surface area contributed by atoms with E-state index in [0.29, 0.717) is 12.5 Å². The maximum atomic E-state index is 5.80. The number of hydrogen-bond acceptors (Lipinski definition) is 3. The largest absolute Gasteiger partial charge is 0.488 e. The zero-order valence-corrected chi connectivity index (χ0v) is 13.8. The number of rotatable bonds is 8. The van der Waals surface area contributed by atoms with Crippen molar-refractivity contribution >= 4 is 15.9 Å². The van der Waals surface area contributed by atoms with Gasteiger partial charge in [0.15, 0.2) is 0 Å². The van der Waals surface area contributed by atoms with Crippen molar-refractivity contribution in [3.63, 3.8) is 0 Å². The topological polar surface area (TPSA) is 30.5 Å². The van der Waals surface area contributed by atoms with E-state index < -0.39 is 0 Å². The standard InChI is InChI=1S/C15H24BrNO2/c1-11(2)8-17-9-13-7-14(5-6-15(13)16)19-12(3)10-18-4/h5-7,11-12,17H,8-10H2,1-4H3. The number of nitrogens with one attached hydrogen (secondary N) is 1. The van der Waals surface area contributed by atoms with E-state index in [1.807, 2.05) is 19.1 Å². The van der Waals surface area contributed by atoms with Crippen molar-refractivity contribution in [2.24, 2.45) is 5.92 Å². The van der Waals surface area contributed by atoms with Gasteiger partial charge in [0.05, 0.1) is 6.61 Å². The summed E-state index contributed by atoms with van der Waals surface area (Å²) < 4.78 is 12.0. The van der Waals surface area contributed by atoms with Crippen molar-refractivity contribution in [2.45, 2.75) is 33.4 Å². The van der Waals surface area contributed by atoms with E-state index in [2.05, 4.69) is 41.2 Å². The summed E-state index contributed by atoms with van der Waals surface area (Å²) in [4.78, 5) is 0. The fourth-order valence-corrected chi connectivity index (χ4v) is 2.14. The maximum Gasteiger partial charge on any atom is 0.120 e. The predicted octanol–water partition coefficient (Wildman–Crippen LogP) is 3.61. The molecular formula is C15H24BrNO2. The highest BCUT2D eigenvalue weighted by Gasteiger charge is 2.06. The van der Waals surface area contributed by atoms with Crippen molar-refractivity contribution in [3.05, 3.63) is 28.2 Å². The minimum absolute atomic E-state index is 0.0580. The fourth-order valence-electron chi connectivity index (χ4n) is 1.76. The average molecular weight is 330 g/mol. The zero-order valence-electron chi connectivity index (χ0n) is 12.2. The summed E-state index contributed by atoms with van der Waals surface area (Å²) in [6, 6.07) is 6.08. The van der Waals surface area contributed by atoms with Gasteiger partial charge < -0.3 is 14.8 Å². The Morgan fingerprint density at radius 1 is 1.26 bits per heavy atom. The lowest BCUT2D eigenvalue weighted by Crippen LogP contribution is -2.20. The highest BCUT2D eigenvalue weighted by atomic mass is 79.9. The number of benzene rings is 1. The summed E-state index contributed by atoms with van der Waals surface area (Å²) in [5.74, 6) is 1.54. The van der Waals surface area contributed by atoms with E-state index >= 15 is 0 Å². The maximum absolute atomic E-state index is 5.80. The third-order valence-corrected chi connectivity index (χ3v) is 3.40. The Labute approximate surface area is 124 Å². The van der Waals surface area contributed by atoms with E-state index in [1.54, 1.807) is 7.11 Å². The molecule has 1 rings (SSSR count). The summed E-state index contributed by atoms with van der Waals surface area (Å²) in [6.45, 7) is 8.85. The molecule has 0 bridgehead atoms. The summed E-state index contributed by atoms with van der Waals surface area (Å²) in [5.41, 5.74) is 1.21. The van der Waals surface area contributed by atoms with Gasteiger partial charge in [0.1, 0.15) is 11.9 Å². The van der Waals surface area contributed by atoms with Gasteiger partial charge in [-0.05, 0) is 43.1 Å². The molecule has 0 aliphatic heterocycles. The first-order valence-electron chi connectivity index (χ1n) is 6.67. The molecule has 108 valence electrons. The highest BCUT2D eigenvalue weighted by Crippen LogP contribution is 2.23. The predicted molar refractivity (Wildman–Crippen MR) is 82.7 cm³/mol. The van der Waals surface area contributed by atoms with Crippen LogP contribution >= 0.6 is 15.9 Å². The molecule has 0 amide bonds. The minimum Gasteiger partial charge on any atom is -0.488 e. The third kappa shape index (κ3) is 6.41. The van der Waals surface area contributed by atoms with E-state index in [9.17, 15) is 0 Å². The average Bonchev–Trinajstić information content (AvgIpc) is 2.33. The molecule has 0 fully saturated rings. The molecule has 0 saturated carbocycles. The normalized spacial score (nSPS) is 12.7. The van der Waals surface area contributed by atoms with Crippen molar-refractivity contribution in [1.29, 1.82) is 0 Å². The van der Waals surface area contributed by atoms with E-state index in [-0.39, 0.29) is 6.10 Å². The van der Waals surface area contributed by atoms with Gasteiger partial charge in [0.25, 0.3) is 0 Å². The second-order valence-corrected chi connectivity index (χ2v) is 6.02. The van der Waals surface area contributed by atoms with Crippen LogP contribution in [-0.2, 0) is 11.3 Å². The van der Waals surface area contributed by atoms with Gasteiger partial charge in [-0.3, -0.25) is 0 Å². The lowest BCUT2D eigenvalue weighted by Gasteiger charge is -2.15. The molecule has 1 aromatic carbocycles. The third-order valence-electron chi connectivity index (χ3n) is 2.62. The lowest BCUT2D eigenvalue weighted by atomic mass is 10.2. The van der Waals surface area contributed by atoms with Crippen LogP contribution in [0, 0.1) is 5.92 Å². The second kappa shape index (κ2) is 8.56. The van der Waals surface area contributed by atoms with Crippen LogP contribution in [0.5, 0.6) is 5.75 Å². The Morgan fingerprint density at radius 3 is 2.63 bits per heavy atom. The molecule has 0 aliphatic carbocycles. The molecular weight excluding hydrogens is 306 g/mol. The van der Waals surface area contributed by atoms with Gasteiger partial charge in [-0.1, -0.05) is 29.8 Å². The molecule has 1 atom stereocenters. The molecule has 0 aliphatic rings. The van der Waals surface area contributed by atoms with Crippen LogP contribution in [0.2, 0.25) is 0 Å². The number of halogens is 1. The summed E-state index contributed by atoms with van der Waals surface area (Å²) in [7, 11) is 1.68. The Morgan fingerprint density at radius 2 is 2.00 bits per heavy atom. The van der Waals surface area contributed by atoms with Crippen molar-refractivity contribution in [2.75, 3.05) is 20.3 Å². The Bertz CT molecular complexity index is 382. The van der Waals surface area contributed by atoms with Crippen LogP contribution in [0.25, 0.3) is 0 Å². The molecule has 1 aromatic rings. The van der Waals surface area contributed by atoms with Gasteiger partial charge >= 0.3 is 0 Å². The van der Waals surface area contributed by atoms with E-state index in [0.717, 1.165) is 23.3 Å².